The van der Waals surface area contributed by atoms with Crippen molar-refractivity contribution < 1.29 is 23.5 Å². The van der Waals surface area contributed by atoms with Gasteiger partial charge in [-0.3, -0.25) is 4.79 Å². The van der Waals surface area contributed by atoms with E-state index in [1.54, 1.807) is 7.05 Å². The van der Waals surface area contributed by atoms with Crippen molar-refractivity contribution in [3.05, 3.63) is 29.3 Å². The molecule has 1 fully saturated rings. The number of carboxylic acid groups (broad SMARTS) is 1. The predicted octanol–water partition coefficient (Wildman–Crippen LogP) is 0.941. The molecule has 102 valence electrons. The van der Waals surface area contributed by atoms with E-state index in [4.69, 9.17) is 5.11 Å². The zero-order valence-corrected chi connectivity index (χ0v) is 10.2. The lowest BCUT2D eigenvalue weighted by Crippen LogP contribution is -2.49. The third-order valence-electron chi connectivity index (χ3n) is 3.04. The summed E-state index contributed by atoms with van der Waals surface area (Å²) in [4.78, 5) is 24.9. The molecule has 0 atom stereocenters. The zero-order chi connectivity index (χ0) is 14.2. The monoisotopic (exact) mass is 270 g/mol. The molecule has 1 aliphatic heterocycles. The van der Waals surface area contributed by atoms with Crippen LogP contribution in [0.2, 0.25) is 0 Å². The van der Waals surface area contributed by atoms with Gasteiger partial charge in [0.15, 0.2) is 0 Å². The molecule has 0 bridgehead atoms. The molecule has 1 amide bonds. The summed E-state index contributed by atoms with van der Waals surface area (Å²) in [6.07, 6.45) is 0. The molecule has 0 spiro atoms. The minimum absolute atomic E-state index is 0.128. The van der Waals surface area contributed by atoms with Crippen LogP contribution in [0.4, 0.5) is 14.5 Å². The third kappa shape index (κ3) is 2.49. The van der Waals surface area contributed by atoms with Crippen molar-refractivity contribution in [2.45, 2.75) is 0 Å². The summed E-state index contributed by atoms with van der Waals surface area (Å²) in [5.74, 6) is -3.60. The number of rotatable bonds is 2. The first-order chi connectivity index (χ1) is 8.90. The number of benzene rings is 1. The normalized spacial score (nSPS) is 15.8. The highest BCUT2D eigenvalue weighted by Gasteiger charge is 2.26. The fourth-order valence-corrected chi connectivity index (χ4v) is 1.94. The lowest BCUT2D eigenvalue weighted by molar-refractivity contribution is -0.129. The summed E-state index contributed by atoms with van der Waals surface area (Å²) in [5, 5.41) is 8.70. The van der Waals surface area contributed by atoms with Gasteiger partial charge in [-0.25, -0.2) is 13.6 Å². The third-order valence-corrected chi connectivity index (χ3v) is 3.04. The van der Waals surface area contributed by atoms with E-state index in [-0.39, 0.29) is 18.1 Å². The highest BCUT2D eigenvalue weighted by molar-refractivity contribution is 5.88. The number of likely N-dealkylation sites (N-methyl/N-ethyl adjacent to an activating group) is 1. The van der Waals surface area contributed by atoms with Crippen LogP contribution in [0.25, 0.3) is 0 Å². The number of nitrogens with zero attached hydrogens (tertiary/aromatic N) is 2. The second-order valence-electron chi connectivity index (χ2n) is 4.33. The molecule has 1 saturated heterocycles. The van der Waals surface area contributed by atoms with Crippen molar-refractivity contribution in [1.82, 2.24) is 4.90 Å². The van der Waals surface area contributed by atoms with Gasteiger partial charge in [-0.15, -0.1) is 0 Å². The lowest BCUT2D eigenvalue weighted by Gasteiger charge is -2.33. The average molecular weight is 270 g/mol. The molecule has 1 heterocycles. The maximum atomic E-state index is 13.8. The van der Waals surface area contributed by atoms with Crippen LogP contribution in [0.1, 0.15) is 10.4 Å². The molecule has 7 heteroatoms. The first kappa shape index (κ1) is 13.3. The summed E-state index contributed by atoms with van der Waals surface area (Å²) in [6.45, 7) is 0.525. The van der Waals surface area contributed by atoms with Gasteiger partial charge in [0.2, 0.25) is 5.91 Å². The number of carbonyl (C=O) groups is 2. The zero-order valence-electron chi connectivity index (χ0n) is 10.2. The second kappa shape index (κ2) is 4.83. The van der Waals surface area contributed by atoms with Crippen LogP contribution in [-0.2, 0) is 4.79 Å². The molecule has 1 N–H and O–H groups in total. The Morgan fingerprint density at radius 3 is 2.32 bits per heavy atom. The molecule has 1 aliphatic rings. The number of carbonyl (C=O) groups excluding carboxylic acids is 1. The van der Waals surface area contributed by atoms with Crippen LogP contribution in [-0.4, -0.2) is 48.6 Å². The van der Waals surface area contributed by atoms with Gasteiger partial charge in [-0.2, -0.15) is 0 Å². The fraction of sp³-hybridized carbons (Fsp3) is 0.333. The van der Waals surface area contributed by atoms with E-state index in [0.717, 1.165) is 12.1 Å². The number of amides is 1. The van der Waals surface area contributed by atoms with Crippen LogP contribution in [0.3, 0.4) is 0 Å². The molecule has 2 rings (SSSR count). The van der Waals surface area contributed by atoms with E-state index in [9.17, 15) is 18.4 Å². The van der Waals surface area contributed by atoms with Gasteiger partial charge in [-0.05, 0) is 12.1 Å². The van der Waals surface area contributed by atoms with Crippen LogP contribution in [0, 0.1) is 11.6 Å². The van der Waals surface area contributed by atoms with Gasteiger partial charge in [0.1, 0.15) is 17.3 Å². The van der Waals surface area contributed by atoms with Crippen LogP contribution in [0.15, 0.2) is 12.1 Å². The number of halogens is 2. The summed E-state index contributed by atoms with van der Waals surface area (Å²) in [6, 6.07) is 1.51. The predicted molar refractivity (Wildman–Crippen MR) is 63.2 cm³/mol. The van der Waals surface area contributed by atoms with Crippen LogP contribution < -0.4 is 4.90 Å². The van der Waals surface area contributed by atoms with Crippen molar-refractivity contribution in [3.63, 3.8) is 0 Å². The minimum Gasteiger partial charge on any atom is -0.478 e. The van der Waals surface area contributed by atoms with E-state index in [1.165, 1.54) is 9.80 Å². The lowest BCUT2D eigenvalue weighted by atomic mass is 10.1. The smallest absolute Gasteiger partial charge is 0.335 e. The summed E-state index contributed by atoms with van der Waals surface area (Å²) >= 11 is 0. The average Bonchev–Trinajstić information content (AvgIpc) is 2.32. The van der Waals surface area contributed by atoms with E-state index in [1.807, 2.05) is 0 Å². The van der Waals surface area contributed by atoms with Crippen LogP contribution in [0.5, 0.6) is 0 Å². The number of piperazine rings is 1. The number of carboxylic acids is 1. The Morgan fingerprint density at radius 2 is 1.84 bits per heavy atom. The molecular weight excluding hydrogens is 258 g/mol. The van der Waals surface area contributed by atoms with Crippen molar-refractivity contribution in [2.24, 2.45) is 0 Å². The summed E-state index contributed by atoms with van der Waals surface area (Å²) in [7, 11) is 1.61. The van der Waals surface area contributed by atoms with Crippen molar-refractivity contribution in [2.75, 3.05) is 31.6 Å². The number of hydrogen-bond donors (Lipinski definition) is 1. The Hall–Kier alpha value is -2.18. The van der Waals surface area contributed by atoms with Crippen molar-refractivity contribution in [1.29, 1.82) is 0 Å². The fourth-order valence-electron chi connectivity index (χ4n) is 1.94. The molecule has 0 aliphatic carbocycles. The Kier molecular flexibility index (Phi) is 3.37. The Balaban J connectivity index is 2.35. The van der Waals surface area contributed by atoms with Gasteiger partial charge in [0, 0.05) is 20.1 Å². The van der Waals surface area contributed by atoms with E-state index in [0.29, 0.717) is 13.1 Å². The van der Waals surface area contributed by atoms with E-state index >= 15 is 0 Å². The van der Waals surface area contributed by atoms with E-state index in [2.05, 4.69) is 0 Å². The van der Waals surface area contributed by atoms with Crippen LogP contribution >= 0.6 is 0 Å². The van der Waals surface area contributed by atoms with Gasteiger partial charge in [0.25, 0.3) is 0 Å². The first-order valence-corrected chi connectivity index (χ1v) is 5.61. The molecule has 1 aromatic rings. The summed E-state index contributed by atoms with van der Waals surface area (Å²) < 4.78 is 27.6. The SMILES string of the molecule is CN1CCN(c2c(F)cc(C(=O)O)cc2F)CC1=O. The number of anilines is 1. The standard InChI is InChI=1S/C12H12F2N2O3/c1-15-2-3-16(6-10(15)17)11-8(13)4-7(12(18)19)5-9(11)14/h4-5H,2-3,6H2,1H3,(H,18,19). The summed E-state index contributed by atoms with van der Waals surface area (Å²) in [5.41, 5.74) is -0.814. The van der Waals surface area contributed by atoms with E-state index < -0.39 is 23.2 Å². The van der Waals surface area contributed by atoms with Gasteiger partial charge < -0.3 is 14.9 Å². The second-order valence-corrected chi connectivity index (χ2v) is 4.33. The maximum Gasteiger partial charge on any atom is 0.335 e. The highest BCUT2D eigenvalue weighted by atomic mass is 19.1. The Morgan fingerprint density at radius 1 is 1.26 bits per heavy atom. The molecule has 0 radical (unpaired) electrons. The molecule has 0 saturated carbocycles. The molecule has 19 heavy (non-hydrogen) atoms. The number of hydrogen-bond acceptors (Lipinski definition) is 3. The largest absolute Gasteiger partial charge is 0.478 e. The topological polar surface area (TPSA) is 60.9 Å². The van der Waals surface area contributed by atoms with Crippen molar-refractivity contribution in [3.8, 4) is 0 Å². The molecular formula is C12H12F2N2O3. The van der Waals surface area contributed by atoms with Crippen molar-refractivity contribution >= 4 is 17.6 Å². The molecule has 0 aromatic heterocycles. The minimum atomic E-state index is -1.40. The van der Waals surface area contributed by atoms with Gasteiger partial charge >= 0.3 is 5.97 Å². The van der Waals surface area contributed by atoms with Gasteiger partial charge in [0.05, 0.1) is 12.1 Å². The molecule has 1 aromatic carbocycles. The number of aromatic carboxylic acids is 1. The quantitative estimate of drug-likeness (QED) is 0.869. The molecule has 0 unspecified atom stereocenters. The highest BCUT2D eigenvalue weighted by Crippen LogP contribution is 2.26. The van der Waals surface area contributed by atoms with Gasteiger partial charge in [-0.1, -0.05) is 0 Å². The Bertz CT molecular complexity index is 525. The maximum absolute atomic E-state index is 13.8. The first-order valence-electron chi connectivity index (χ1n) is 5.61. The molecule has 5 nitrogen and oxygen atoms in total. The Labute approximate surface area is 108 Å².